The fourth-order valence-corrected chi connectivity index (χ4v) is 1.10. The van der Waals surface area contributed by atoms with Crippen LogP contribution in [-0.2, 0) is 0 Å². The average Bonchev–Trinajstić information content (AvgIpc) is 2.23. The first-order chi connectivity index (χ1) is 7.56. The Balaban J connectivity index is 2.84. The summed E-state index contributed by atoms with van der Waals surface area (Å²) in [6.45, 7) is 0.258. The van der Waals surface area contributed by atoms with Crippen molar-refractivity contribution in [3.63, 3.8) is 0 Å². The van der Waals surface area contributed by atoms with Gasteiger partial charge in [0.1, 0.15) is 0 Å². The molecule has 0 radical (unpaired) electrons. The Labute approximate surface area is 91.6 Å². The van der Waals surface area contributed by atoms with E-state index in [9.17, 15) is 13.6 Å². The smallest absolute Gasteiger partial charge is 0.253 e. The maximum absolute atomic E-state index is 12.9. The van der Waals surface area contributed by atoms with Crippen LogP contribution in [0.4, 0.5) is 14.5 Å². The molecule has 1 amide bonds. The summed E-state index contributed by atoms with van der Waals surface area (Å²) >= 11 is 0. The highest BCUT2D eigenvalue weighted by Crippen LogP contribution is 2.16. The minimum Gasteiger partial charge on any atom is -0.398 e. The van der Waals surface area contributed by atoms with E-state index in [2.05, 4.69) is 11.2 Å². The van der Waals surface area contributed by atoms with E-state index >= 15 is 0 Å². The predicted octanol–water partition coefficient (Wildman–Crippen LogP) is 1.30. The van der Waals surface area contributed by atoms with Crippen molar-refractivity contribution in [3.05, 3.63) is 29.3 Å². The molecule has 0 spiro atoms. The molecular weight excluding hydrogens is 214 g/mol. The van der Waals surface area contributed by atoms with Gasteiger partial charge in [-0.3, -0.25) is 4.79 Å². The largest absolute Gasteiger partial charge is 0.398 e. The second kappa shape index (κ2) is 5.12. The lowest BCUT2D eigenvalue weighted by Gasteiger charge is -2.06. The molecule has 0 aliphatic heterocycles. The van der Waals surface area contributed by atoms with Gasteiger partial charge in [-0.2, -0.15) is 0 Å². The van der Waals surface area contributed by atoms with E-state index in [1.165, 1.54) is 0 Å². The molecule has 0 aliphatic carbocycles. The molecule has 3 nitrogen and oxygen atoms in total. The van der Waals surface area contributed by atoms with Crippen LogP contribution < -0.4 is 11.1 Å². The summed E-state index contributed by atoms with van der Waals surface area (Å²) in [5.41, 5.74) is 5.17. The van der Waals surface area contributed by atoms with Crippen molar-refractivity contribution < 1.29 is 13.6 Å². The second-order valence-corrected chi connectivity index (χ2v) is 3.06. The number of carbonyl (C=O) groups excluding carboxylic acids is 1. The molecule has 0 unspecified atom stereocenters. The maximum Gasteiger partial charge on any atom is 0.253 e. The summed E-state index contributed by atoms with van der Waals surface area (Å²) in [4.78, 5) is 11.5. The van der Waals surface area contributed by atoms with Crippen molar-refractivity contribution in [3.8, 4) is 12.3 Å². The summed E-state index contributed by atoms with van der Waals surface area (Å²) in [7, 11) is 0. The summed E-state index contributed by atoms with van der Waals surface area (Å²) in [5, 5.41) is 2.44. The van der Waals surface area contributed by atoms with Gasteiger partial charge in [-0.25, -0.2) is 8.78 Å². The van der Waals surface area contributed by atoms with Crippen LogP contribution in [0.5, 0.6) is 0 Å². The molecule has 1 aromatic rings. The Morgan fingerprint density at radius 1 is 1.44 bits per heavy atom. The molecule has 3 N–H and O–H groups in total. The van der Waals surface area contributed by atoms with Gasteiger partial charge >= 0.3 is 0 Å². The molecule has 0 saturated carbocycles. The number of hydrogen-bond donors (Lipinski definition) is 2. The van der Waals surface area contributed by atoms with Crippen molar-refractivity contribution in [1.29, 1.82) is 0 Å². The minimum atomic E-state index is -1.11. The van der Waals surface area contributed by atoms with Crippen LogP contribution in [0.1, 0.15) is 16.8 Å². The van der Waals surface area contributed by atoms with Crippen LogP contribution in [0, 0.1) is 24.0 Å². The van der Waals surface area contributed by atoms with E-state index in [1.54, 1.807) is 0 Å². The highest BCUT2D eigenvalue weighted by Gasteiger charge is 2.13. The fourth-order valence-electron chi connectivity index (χ4n) is 1.10. The Hall–Kier alpha value is -2.09. The van der Waals surface area contributed by atoms with Gasteiger partial charge in [-0.1, -0.05) is 0 Å². The van der Waals surface area contributed by atoms with Gasteiger partial charge in [0.2, 0.25) is 0 Å². The number of nitrogen functional groups attached to an aromatic ring is 1. The number of rotatable bonds is 3. The quantitative estimate of drug-likeness (QED) is 0.462. The third-order valence-corrected chi connectivity index (χ3v) is 1.89. The number of nitrogens with one attached hydrogen (secondary N) is 1. The molecule has 0 atom stereocenters. The van der Waals surface area contributed by atoms with Gasteiger partial charge < -0.3 is 11.1 Å². The molecule has 0 aliphatic rings. The number of terminal acetylenes is 1. The number of nitrogens with two attached hydrogens (primary N) is 1. The number of anilines is 1. The highest BCUT2D eigenvalue weighted by molar-refractivity contribution is 5.99. The van der Waals surface area contributed by atoms with E-state index in [-0.39, 0.29) is 17.8 Å². The summed E-state index contributed by atoms with van der Waals surface area (Å²) < 4.78 is 25.6. The van der Waals surface area contributed by atoms with Gasteiger partial charge in [0.15, 0.2) is 11.6 Å². The monoisotopic (exact) mass is 224 g/mol. The van der Waals surface area contributed by atoms with E-state index in [0.29, 0.717) is 6.42 Å². The Morgan fingerprint density at radius 3 is 2.69 bits per heavy atom. The molecule has 5 heteroatoms. The summed E-state index contributed by atoms with van der Waals surface area (Å²) in [6, 6.07) is 1.53. The van der Waals surface area contributed by atoms with Gasteiger partial charge in [-0.15, -0.1) is 12.3 Å². The average molecular weight is 224 g/mol. The molecular formula is C11H10F2N2O. The van der Waals surface area contributed by atoms with E-state index in [1.807, 2.05) is 0 Å². The van der Waals surface area contributed by atoms with Crippen molar-refractivity contribution in [2.24, 2.45) is 0 Å². The normalized spacial score (nSPS) is 9.56. The molecule has 0 aromatic heterocycles. The molecule has 84 valence electrons. The van der Waals surface area contributed by atoms with Gasteiger partial charge in [0, 0.05) is 24.7 Å². The van der Waals surface area contributed by atoms with Gasteiger partial charge in [0.05, 0.1) is 5.56 Å². The standard InChI is InChI=1S/C11H10F2N2O/c1-2-3-4-15-11(16)7-5-8(12)9(13)6-10(7)14/h1,5-6H,3-4,14H2,(H,15,16). The van der Waals surface area contributed by atoms with E-state index in [0.717, 1.165) is 12.1 Å². The fraction of sp³-hybridized carbons (Fsp3) is 0.182. The number of hydrogen-bond acceptors (Lipinski definition) is 2. The van der Waals surface area contributed by atoms with Gasteiger partial charge in [0.25, 0.3) is 5.91 Å². The maximum atomic E-state index is 12.9. The topological polar surface area (TPSA) is 55.1 Å². The van der Waals surface area contributed by atoms with E-state index in [4.69, 9.17) is 12.2 Å². The van der Waals surface area contributed by atoms with Crippen molar-refractivity contribution in [1.82, 2.24) is 5.32 Å². The zero-order valence-electron chi connectivity index (χ0n) is 8.39. The minimum absolute atomic E-state index is 0.101. The second-order valence-electron chi connectivity index (χ2n) is 3.06. The number of benzene rings is 1. The first-order valence-electron chi connectivity index (χ1n) is 4.52. The first-order valence-corrected chi connectivity index (χ1v) is 4.52. The third-order valence-electron chi connectivity index (χ3n) is 1.89. The Bertz CT molecular complexity index is 452. The van der Waals surface area contributed by atoms with Crippen LogP contribution in [-0.4, -0.2) is 12.5 Å². The van der Waals surface area contributed by atoms with Crippen molar-refractivity contribution in [2.45, 2.75) is 6.42 Å². The Kier molecular flexibility index (Phi) is 3.84. The van der Waals surface area contributed by atoms with Crippen molar-refractivity contribution >= 4 is 11.6 Å². The molecule has 16 heavy (non-hydrogen) atoms. The molecule has 0 heterocycles. The zero-order chi connectivity index (χ0) is 12.1. The zero-order valence-corrected chi connectivity index (χ0v) is 8.39. The molecule has 0 fully saturated rings. The van der Waals surface area contributed by atoms with Crippen LogP contribution in [0.2, 0.25) is 0 Å². The highest BCUT2D eigenvalue weighted by atomic mass is 19.2. The van der Waals surface area contributed by atoms with Crippen LogP contribution >= 0.6 is 0 Å². The molecule has 1 aromatic carbocycles. The van der Waals surface area contributed by atoms with Crippen LogP contribution in [0.3, 0.4) is 0 Å². The van der Waals surface area contributed by atoms with Crippen molar-refractivity contribution in [2.75, 3.05) is 12.3 Å². The van der Waals surface area contributed by atoms with Gasteiger partial charge in [-0.05, 0) is 6.07 Å². The Morgan fingerprint density at radius 2 is 2.06 bits per heavy atom. The summed E-state index contributed by atoms with van der Waals surface area (Å²) in [5.74, 6) is -0.448. The van der Waals surface area contributed by atoms with Crippen LogP contribution in [0.15, 0.2) is 12.1 Å². The predicted molar refractivity (Wildman–Crippen MR) is 56.6 cm³/mol. The van der Waals surface area contributed by atoms with E-state index < -0.39 is 17.5 Å². The third kappa shape index (κ3) is 2.70. The molecule has 0 bridgehead atoms. The molecule has 1 rings (SSSR count). The number of amides is 1. The molecule has 0 saturated heterocycles. The summed E-state index contributed by atoms with van der Waals surface area (Å²) in [6.07, 6.45) is 5.35. The SMILES string of the molecule is C#CCCNC(=O)c1cc(F)c(F)cc1N. The van der Waals surface area contributed by atoms with Crippen LogP contribution in [0.25, 0.3) is 0 Å². The number of carbonyl (C=O) groups is 1. The first kappa shape index (κ1) is 12.0. The number of halogens is 2. The lowest BCUT2D eigenvalue weighted by Crippen LogP contribution is -2.25. The lowest BCUT2D eigenvalue weighted by atomic mass is 10.1. The lowest BCUT2D eigenvalue weighted by molar-refractivity contribution is 0.0955.